The molecule has 0 atom stereocenters. The third kappa shape index (κ3) is 8.01. The van der Waals surface area contributed by atoms with Gasteiger partial charge in [-0.25, -0.2) is 8.42 Å². The van der Waals surface area contributed by atoms with Crippen LogP contribution in [0.5, 0.6) is 5.75 Å². The molecule has 0 fully saturated rings. The summed E-state index contributed by atoms with van der Waals surface area (Å²) in [5.41, 5.74) is 1.78. The number of alkyl halides is 3. The summed E-state index contributed by atoms with van der Waals surface area (Å²) in [5.74, 6) is -0.00481. The van der Waals surface area contributed by atoms with Gasteiger partial charge in [0.15, 0.2) is 9.84 Å². The number of aryl methyl sites for hydroxylation is 1. The predicted molar refractivity (Wildman–Crippen MR) is 127 cm³/mol. The van der Waals surface area contributed by atoms with Crippen molar-refractivity contribution in [2.24, 2.45) is 0 Å². The molecule has 0 unspecified atom stereocenters. The van der Waals surface area contributed by atoms with E-state index in [1.165, 1.54) is 42.1 Å². The van der Waals surface area contributed by atoms with Crippen molar-refractivity contribution in [3.05, 3.63) is 83.4 Å². The van der Waals surface area contributed by atoms with Crippen molar-refractivity contribution in [3.8, 4) is 5.75 Å². The van der Waals surface area contributed by atoms with Gasteiger partial charge in [-0.1, -0.05) is 18.2 Å². The maximum Gasteiger partial charge on any atom is 0.573 e. The van der Waals surface area contributed by atoms with Gasteiger partial charge < -0.3 is 15.2 Å². The van der Waals surface area contributed by atoms with Crippen LogP contribution in [0.3, 0.4) is 0 Å². The lowest BCUT2D eigenvalue weighted by molar-refractivity contribution is -0.274. The van der Waals surface area contributed by atoms with Gasteiger partial charge >= 0.3 is 6.36 Å². The second-order valence-corrected chi connectivity index (χ2v) is 10.7. The molecule has 0 heterocycles. The number of aliphatic hydroxyl groups is 1. The fourth-order valence-electron chi connectivity index (χ4n) is 3.16. The lowest BCUT2D eigenvalue weighted by Crippen LogP contribution is -2.17. The Bertz CT molecular complexity index is 1280. The summed E-state index contributed by atoms with van der Waals surface area (Å²) in [7, 11) is -3.58. The maximum atomic E-state index is 12.6. The van der Waals surface area contributed by atoms with Crippen molar-refractivity contribution in [3.63, 3.8) is 0 Å². The number of anilines is 1. The second-order valence-electron chi connectivity index (χ2n) is 7.52. The smallest absolute Gasteiger partial charge is 0.406 e. The Balaban J connectivity index is 1.55. The molecule has 11 heteroatoms. The number of thioether (sulfide) groups is 1. The highest BCUT2D eigenvalue weighted by Crippen LogP contribution is 2.25. The van der Waals surface area contributed by atoms with E-state index in [4.69, 9.17) is 0 Å². The van der Waals surface area contributed by atoms with E-state index in [1.807, 2.05) is 0 Å². The fraction of sp³-hybridized carbons (Fsp3) is 0.208. The normalized spacial score (nSPS) is 11.8. The van der Waals surface area contributed by atoms with Crippen LogP contribution in [0.2, 0.25) is 0 Å². The van der Waals surface area contributed by atoms with Gasteiger partial charge in [-0.15, -0.1) is 24.9 Å². The van der Waals surface area contributed by atoms with E-state index in [2.05, 4.69) is 10.1 Å². The monoisotopic (exact) mass is 525 g/mol. The SMILES string of the molecule is CS(=O)(=O)c1cc(NC(=O)c2ccc(SCCc3ccc(OC(F)(F)F)cc3)cc2)ccc1CO. The summed E-state index contributed by atoms with van der Waals surface area (Å²) in [6.07, 6.45) is -3.06. The number of hydrogen-bond acceptors (Lipinski definition) is 6. The Kier molecular flexibility index (Phi) is 8.47. The molecule has 3 rings (SSSR count). The van der Waals surface area contributed by atoms with Gasteiger partial charge in [0.05, 0.1) is 11.5 Å². The van der Waals surface area contributed by atoms with Crippen LogP contribution in [0.15, 0.2) is 76.5 Å². The highest BCUT2D eigenvalue weighted by molar-refractivity contribution is 7.99. The predicted octanol–water partition coefficient (Wildman–Crippen LogP) is 5.07. The number of benzene rings is 3. The number of sulfone groups is 1. The molecule has 0 aliphatic rings. The molecule has 0 spiro atoms. The highest BCUT2D eigenvalue weighted by Gasteiger charge is 2.30. The molecule has 0 saturated heterocycles. The molecule has 6 nitrogen and oxygen atoms in total. The van der Waals surface area contributed by atoms with Crippen LogP contribution in [-0.2, 0) is 22.9 Å². The minimum Gasteiger partial charge on any atom is -0.406 e. The molecule has 0 radical (unpaired) electrons. The van der Waals surface area contributed by atoms with E-state index >= 15 is 0 Å². The van der Waals surface area contributed by atoms with Crippen molar-refractivity contribution < 1.29 is 36.2 Å². The third-order valence-corrected chi connectivity index (χ3v) is 7.02. The van der Waals surface area contributed by atoms with Gasteiger partial charge in [0, 0.05) is 28.2 Å². The van der Waals surface area contributed by atoms with Gasteiger partial charge in [-0.3, -0.25) is 4.79 Å². The molecular weight excluding hydrogens is 503 g/mol. The number of ether oxygens (including phenoxy) is 1. The van der Waals surface area contributed by atoms with Crippen LogP contribution in [0.1, 0.15) is 21.5 Å². The van der Waals surface area contributed by atoms with E-state index in [-0.39, 0.29) is 21.9 Å². The summed E-state index contributed by atoms with van der Waals surface area (Å²) in [5, 5.41) is 12.0. The minimum absolute atomic E-state index is 0.0490. The van der Waals surface area contributed by atoms with Crippen molar-refractivity contribution in [2.75, 3.05) is 17.3 Å². The number of amides is 1. The zero-order valence-corrected chi connectivity index (χ0v) is 20.1. The van der Waals surface area contributed by atoms with Gasteiger partial charge in [0.1, 0.15) is 5.75 Å². The molecule has 186 valence electrons. The van der Waals surface area contributed by atoms with Crippen LogP contribution >= 0.6 is 11.8 Å². The summed E-state index contributed by atoms with van der Waals surface area (Å²) in [6, 6.07) is 16.8. The highest BCUT2D eigenvalue weighted by atomic mass is 32.2. The van der Waals surface area contributed by atoms with Crippen LogP contribution in [-0.4, -0.2) is 37.8 Å². The molecule has 35 heavy (non-hydrogen) atoms. The fourth-order valence-corrected chi connectivity index (χ4v) is 5.01. The van der Waals surface area contributed by atoms with E-state index in [1.54, 1.807) is 36.4 Å². The number of halogens is 3. The molecule has 0 saturated carbocycles. The van der Waals surface area contributed by atoms with Crippen molar-refractivity contribution in [1.29, 1.82) is 0 Å². The van der Waals surface area contributed by atoms with Gasteiger partial charge in [0.2, 0.25) is 0 Å². The quantitative estimate of drug-likeness (QED) is 0.379. The Morgan fingerprint density at radius 1 is 1.03 bits per heavy atom. The first-order valence-electron chi connectivity index (χ1n) is 10.3. The molecule has 2 N–H and O–H groups in total. The van der Waals surface area contributed by atoms with E-state index < -0.39 is 28.7 Å². The Morgan fingerprint density at radius 2 is 1.69 bits per heavy atom. The first kappa shape index (κ1) is 26.6. The molecule has 0 bridgehead atoms. The van der Waals surface area contributed by atoms with Crippen LogP contribution in [0, 0.1) is 0 Å². The molecule has 0 aliphatic carbocycles. The average molecular weight is 526 g/mol. The summed E-state index contributed by atoms with van der Waals surface area (Å²) < 4.78 is 64.4. The van der Waals surface area contributed by atoms with Crippen LogP contribution in [0.4, 0.5) is 18.9 Å². The number of hydrogen-bond donors (Lipinski definition) is 2. The second kappa shape index (κ2) is 11.1. The molecule has 3 aromatic rings. The third-order valence-electron chi connectivity index (χ3n) is 4.83. The zero-order valence-electron chi connectivity index (χ0n) is 18.5. The largest absolute Gasteiger partial charge is 0.573 e. The van der Waals surface area contributed by atoms with Crippen molar-refractivity contribution >= 4 is 33.2 Å². The minimum atomic E-state index is -4.72. The molecule has 0 aliphatic heterocycles. The van der Waals surface area contributed by atoms with E-state index in [0.29, 0.717) is 17.7 Å². The van der Waals surface area contributed by atoms with Crippen molar-refractivity contribution in [1.82, 2.24) is 0 Å². The topological polar surface area (TPSA) is 92.7 Å². The molecule has 1 amide bonds. The number of carbonyl (C=O) groups is 1. The number of nitrogens with one attached hydrogen (secondary N) is 1. The number of rotatable bonds is 9. The number of carbonyl (C=O) groups excluding carboxylic acids is 1. The lowest BCUT2D eigenvalue weighted by Gasteiger charge is -2.10. The summed E-state index contributed by atoms with van der Waals surface area (Å²) >= 11 is 1.53. The van der Waals surface area contributed by atoms with Crippen LogP contribution < -0.4 is 10.1 Å². The lowest BCUT2D eigenvalue weighted by atomic mass is 10.2. The molecule has 0 aromatic heterocycles. The number of aliphatic hydroxyl groups excluding tert-OH is 1. The van der Waals surface area contributed by atoms with Gasteiger partial charge in [-0.2, -0.15) is 0 Å². The average Bonchev–Trinajstić information content (AvgIpc) is 2.79. The Hall–Kier alpha value is -3.02. The first-order chi connectivity index (χ1) is 16.4. The Morgan fingerprint density at radius 3 is 2.26 bits per heavy atom. The Labute approximate surface area is 205 Å². The van der Waals surface area contributed by atoms with E-state index in [9.17, 15) is 31.5 Å². The van der Waals surface area contributed by atoms with Gasteiger partial charge in [0.25, 0.3) is 5.91 Å². The van der Waals surface area contributed by atoms with Crippen molar-refractivity contribution in [2.45, 2.75) is 29.2 Å². The summed E-state index contributed by atoms with van der Waals surface area (Å²) in [4.78, 5) is 13.4. The maximum absolute atomic E-state index is 12.6. The molecule has 3 aromatic carbocycles. The summed E-state index contributed by atoms with van der Waals surface area (Å²) in [6.45, 7) is -0.437. The first-order valence-corrected chi connectivity index (χ1v) is 13.1. The standard InChI is InChI=1S/C24H22F3NO5S2/c1-35(31,32)22-14-19(7-4-18(22)15-29)28-23(30)17-5-10-21(11-6-17)34-13-12-16-2-8-20(9-3-16)33-24(25,26)27/h2-11,14,29H,12-13,15H2,1H3,(H,28,30). The zero-order chi connectivity index (χ0) is 25.6. The van der Waals surface area contributed by atoms with E-state index in [0.717, 1.165) is 16.7 Å². The van der Waals surface area contributed by atoms with Crippen LogP contribution in [0.25, 0.3) is 0 Å². The van der Waals surface area contributed by atoms with Gasteiger partial charge in [-0.05, 0) is 66.1 Å². The molecular formula is C24H22F3NO5S2.